The summed E-state index contributed by atoms with van der Waals surface area (Å²) in [4.78, 5) is 2.46. The highest BCUT2D eigenvalue weighted by Gasteiger charge is 2.21. The first kappa shape index (κ1) is 18.9. The van der Waals surface area contributed by atoms with Gasteiger partial charge in [0.25, 0.3) is 0 Å². The van der Waals surface area contributed by atoms with E-state index in [0.717, 1.165) is 47.9 Å². The Hall–Kier alpha value is -0.430. The van der Waals surface area contributed by atoms with Crippen LogP contribution in [0, 0.1) is 11.8 Å². The number of nitrogens with one attached hydrogen (secondary N) is 1. The van der Waals surface area contributed by atoms with Gasteiger partial charge >= 0.3 is 0 Å². The molecule has 2 rings (SSSR count). The normalized spacial score (nSPS) is 23.1. The summed E-state index contributed by atoms with van der Waals surface area (Å²) < 4.78 is 27.9. The molecule has 1 N–H and O–H groups in total. The summed E-state index contributed by atoms with van der Waals surface area (Å²) in [5.74, 6) is 1.53. The summed E-state index contributed by atoms with van der Waals surface area (Å²) in [6.07, 6.45) is 2.16. The minimum Gasteiger partial charge on any atom is -0.303 e. The van der Waals surface area contributed by atoms with E-state index in [2.05, 4.69) is 39.4 Å². The van der Waals surface area contributed by atoms with Gasteiger partial charge in [-0.25, -0.2) is 13.1 Å². The van der Waals surface area contributed by atoms with E-state index in [1.807, 2.05) is 24.3 Å². The van der Waals surface area contributed by atoms with Gasteiger partial charge in [-0.05, 0) is 48.9 Å². The highest BCUT2D eigenvalue weighted by atomic mass is 79.9. The molecule has 0 bridgehead atoms. The lowest BCUT2D eigenvalue weighted by molar-refractivity contribution is 0.140. The maximum Gasteiger partial charge on any atom is 0.215 e. The number of nitrogens with zero attached hydrogens (tertiary/aromatic N) is 1. The number of sulfonamides is 1. The maximum atomic E-state index is 12.1. The van der Waals surface area contributed by atoms with Crippen molar-refractivity contribution in [1.29, 1.82) is 0 Å². The van der Waals surface area contributed by atoms with Crippen molar-refractivity contribution in [2.75, 3.05) is 26.2 Å². The van der Waals surface area contributed by atoms with Crippen LogP contribution >= 0.6 is 15.9 Å². The van der Waals surface area contributed by atoms with Crippen LogP contribution in [0.3, 0.4) is 0 Å². The smallest absolute Gasteiger partial charge is 0.215 e. The molecular formula is C17H27BrN2O2S. The van der Waals surface area contributed by atoms with Crippen molar-refractivity contribution in [3.8, 4) is 0 Å². The lowest BCUT2D eigenvalue weighted by Crippen LogP contribution is -2.40. The molecule has 0 aromatic heterocycles. The van der Waals surface area contributed by atoms with Crippen LogP contribution in [-0.2, 0) is 15.8 Å². The van der Waals surface area contributed by atoms with Crippen LogP contribution in [0.1, 0.15) is 32.3 Å². The van der Waals surface area contributed by atoms with Crippen molar-refractivity contribution in [3.05, 3.63) is 34.3 Å². The quantitative estimate of drug-likeness (QED) is 0.712. The fourth-order valence-electron chi connectivity index (χ4n) is 3.36. The van der Waals surface area contributed by atoms with Crippen molar-refractivity contribution >= 4 is 26.0 Å². The zero-order valence-electron chi connectivity index (χ0n) is 14.0. The lowest BCUT2D eigenvalue weighted by atomic mass is 9.92. The Bertz CT molecular complexity index is 579. The lowest BCUT2D eigenvalue weighted by Gasteiger charge is -2.34. The summed E-state index contributed by atoms with van der Waals surface area (Å²) in [6, 6.07) is 7.40. The van der Waals surface area contributed by atoms with Gasteiger partial charge in [0.15, 0.2) is 0 Å². The van der Waals surface area contributed by atoms with E-state index in [1.165, 1.54) is 6.42 Å². The molecule has 1 heterocycles. The van der Waals surface area contributed by atoms with E-state index >= 15 is 0 Å². The molecular weight excluding hydrogens is 376 g/mol. The first-order valence-electron chi connectivity index (χ1n) is 8.28. The summed E-state index contributed by atoms with van der Waals surface area (Å²) in [7, 11) is -3.26. The number of likely N-dealkylation sites (tertiary alicyclic amines) is 1. The van der Waals surface area contributed by atoms with Crippen LogP contribution < -0.4 is 4.72 Å². The van der Waals surface area contributed by atoms with E-state index in [0.29, 0.717) is 6.54 Å². The molecule has 0 radical (unpaired) electrons. The van der Waals surface area contributed by atoms with Crippen molar-refractivity contribution in [2.45, 2.75) is 32.4 Å². The highest BCUT2D eigenvalue weighted by molar-refractivity contribution is 9.10. The van der Waals surface area contributed by atoms with Crippen LogP contribution in [0.15, 0.2) is 28.7 Å². The van der Waals surface area contributed by atoms with Crippen molar-refractivity contribution < 1.29 is 8.42 Å². The summed E-state index contributed by atoms with van der Waals surface area (Å²) in [5, 5.41) is 0. The predicted molar refractivity (Wildman–Crippen MR) is 98.8 cm³/mol. The molecule has 0 aliphatic carbocycles. The second kappa shape index (κ2) is 8.60. The van der Waals surface area contributed by atoms with Gasteiger partial charge in [0, 0.05) is 24.1 Å². The highest BCUT2D eigenvalue weighted by Crippen LogP contribution is 2.20. The van der Waals surface area contributed by atoms with Gasteiger partial charge in [0.2, 0.25) is 10.0 Å². The molecule has 1 aromatic carbocycles. The Morgan fingerprint density at radius 2 is 1.78 bits per heavy atom. The minimum absolute atomic E-state index is 0.0397. The average molecular weight is 403 g/mol. The monoisotopic (exact) mass is 402 g/mol. The van der Waals surface area contributed by atoms with E-state index in [4.69, 9.17) is 0 Å². The molecule has 1 fully saturated rings. The third kappa shape index (κ3) is 6.91. The molecule has 4 nitrogen and oxygen atoms in total. The molecule has 0 amide bonds. The summed E-state index contributed by atoms with van der Waals surface area (Å²) in [6.45, 7) is 8.34. The van der Waals surface area contributed by atoms with Gasteiger partial charge in [-0.3, -0.25) is 0 Å². The van der Waals surface area contributed by atoms with Gasteiger partial charge < -0.3 is 4.90 Å². The standard InChI is InChI=1S/C17H27BrN2O2S/c1-14-10-15(2)12-20(11-14)9-3-8-19-23(21,22)13-16-4-6-17(18)7-5-16/h4-7,14-15,19H,3,8-13H2,1-2H3/t14-,15-/m0/s1. The number of hydrogen-bond donors (Lipinski definition) is 1. The van der Waals surface area contributed by atoms with Crippen LogP contribution in [-0.4, -0.2) is 39.5 Å². The van der Waals surface area contributed by atoms with E-state index in [-0.39, 0.29) is 5.75 Å². The fourth-order valence-corrected chi connectivity index (χ4v) is 4.81. The SMILES string of the molecule is C[C@H]1C[C@H](C)CN(CCCNS(=O)(=O)Cc2ccc(Br)cc2)C1. The van der Waals surface area contributed by atoms with Gasteiger partial charge in [-0.15, -0.1) is 0 Å². The number of halogens is 1. The van der Waals surface area contributed by atoms with Crippen LogP contribution in [0.25, 0.3) is 0 Å². The van der Waals surface area contributed by atoms with Crippen molar-refractivity contribution in [2.24, 2.45) is 11.8 Å². The van der Waals surface area contributed by atoms with Gasteiger partial charge in [-0.1, -0.05) is 41.9 Å². The largest absolute Gasteiger partial charge is 0.303 e. The van der Waals surface area contributed by atoms with Crippen molar-refractivity contribution in [3.63, 3.8) is 0 Å². The zero-order valence-corrected chi connectivity index (χ0v) is 16.4. The molecule has 2 atom stereocenters. The van der Waals surface area contributed by atoms with Crippen molar-refractivity contribution in [1.82, 2.24) is 9.62 Å². The molecule has 1 aliphatic heterocycles. The van der Waals surface area contributed by atoms with Gasteiger partial charge in [0.05, 0.1) is 5.75 Å². The Morgan fingerprint density at radius 3 is 2.39 bits per heavy atom. The molecule has 130 valence electrons. The first-order valence-corrected chi connectivity index (χ1v) is 10.7. The molecule has 0 saturated carbocycles. The number of hydrogen-bond acceptors (Lipinski definition) is 3. The van der Waals surface area contributed by atoms with Crippen LogP contribution in [0.5, 0.6) is 0 Å². The molecule has 1 aromatic rings. The van der Waals surface area contributed by atoms with Crippen LogP contribution in [0.4, 0.5) is 0 Å². The number of piperidine rings is 1. The fraction of sp³-hybridized carbons (Fsp3) is 0.647. The van der Waals surface area contributed by atoms with E-state index < -0.39 is 10.0 Å². The Labute approximate surface area is 148 Å². The van der Waals surface area contributed by atoms with Crippen LogP contribution in [0.2, 0.25) is 0 Å². The average Bonchev–Trinajstić information content (AvgIpc) is 2.45. The zero-order chi connectivity index (χ0) is 16.9. The van der Waals surface area contributed by atoms with E-state index in [1.54, 1.807) is 0 Å². The summed E-state index contributed by atoms with van der Waals surface area (Å²) >= 11 is 3.35. The first-order chi connectivity index (χ1) is 10.8. The predicted octanol–water partition coefficient (Wildman–Crippen LogP) is 3.24. The second-order valence-corrected chi connectivity index (χ2v) is 9.56. The molecule has 0 unspecified atom stereocenters. The maximum absolute atomic E-state index is 12.1. The molecule has 6 heteroatoms. The molecule has 1 saturated heterocycles. The Kier molecular flexibility index (Phi) is 7.07. The molecule has 1 aliphatic rings. The van der Waals surface area contributed by atoms with Gasteiger partial charge in [0.1, 0.15) is 0 Å². The number of rotatable bonds is 7. The Balaban J connectivity index is 1.71. The molecule has 23 heavy (non-hydrogen) atoms. The van der Waals surface area contributed by atoms with E-state index in [9.17, 15) is 8.42 Å². The van der Waals surface area contributed by atoms with Gasteiger partial charge in [-0.2, -0.15) is 0 Å². The third-order valence-corrected chi connectivity index (χ3v) is 6.07. The molecule has 0 spiro atoms. The third-order valence-electron chi connectivity index (χ3n) is 4.19. The topological polar surface area (TPSA) is 49.4 Å². The Morgan fingerprint density at radius 1 is 1.17 bits per heavy atom. The summed E-state index contributed by atoms with van der Waals surface area (Å²) in [5.41, 5.74) is 0.805. The minimum atomic E-state index is -3.26. The second-order valence-electron chi connectivity index (χ2n) is 6.84. The number of benzene rings is 1.